The Labute approximate surface area is 90.8 Å². The molecule has 0 heterocycles. The molecule has 0 aromatic carbocycles. The molecule has 0 aliphatic carbocycles. The van der Waals surface area contributed by atoms with E-state index in [0.717, 1.165) is 0 Å². The smallest absolute Gasteiger partial charge is 0.292 e. The fraction of sp³-hybridized carbons (Fsp3) is 0.750. The highest BCUT2D eigenvalue weighted by molar-refractivity contribution is 7.58. The van der Waals surface area contributed by atoms with Gasteiger partial charge in [-0.15, -0.1) is 0 Å². The normalized spacial score (nSPS) is 16.5. The van der Waals surface area contributed by atoms with Crippen molar-refractivity contribution in [2.24, 2.45) is 0 Å². The van der Waals surface area contributed by atoms with Crippen molar-refractivity contribution in [1.29, 1.82) is 0 Å². The summed E-state index contributed by atoms with van der Waals surface area (Å²) in [4.78, 5) is 21.9. The third kappa shape index (κ3) is 6.47. The van der Waals surface area contributed by atoms with Crippen LogP contribution in [0.5, 0.6) is 0 Å². The third-order valence-electron chi connectivity index (χ3n) is 1.92. The van der Waals surface area contributed by atoms with E-state index in [0.29, 0.717) is 0 Å². The highest BCUT2D eigenvalue weighted by Crippen LogP contribution is 2.41. The minimum absolute atomic E-state index is 0.161. The van der Waals surface area contributed by atoms with Gasteiger partial charge in [-0.2, -0.15) is 0 Å². The van der Waals surface area contributed by atoms with Crippen LogP contribution < -0.4 is 5.32 Å². The molecule has 7 heteroatoms. The van der Waals surface area contributed by atoms with E-state index in [9.17, 15) is 14.2 Å². The van der Waals surface area contributed by atoms with Crippen molar-refractivity contribution in [2.45, 2.75) is 26.3 Å². The number of ketones is 1. The summed E-state index contributed by atoms with van der Waals surface area (Å²) in [6.45, 7) is 4.07. The van der Waals surface area contributed by atoms with Gasteiger partial charge in [0.2, 0.25) is 5.91 Å². The van der Waals surface area contributed by atoms with Gasteiger partial charge < -0.3 is 9.76 Å². The quantitative estimate of drug-likeness (QED) is 0.532. The van der Waals surface area contributed by atoms with Crippen LogP contribution in [0.25, 0.3) is 0 Å². The lowest BCUT2D eigenvalue weighted by Gasteiger charge is -2.17. The topological polar surface area (TPSA) is 72.5 Å². The first-order valence-electron chi connectivity index (χ1n) is 4.51. The Morgan fingerprint density at radius 3 is 2.33 bits per heavy atom. The Morgan fingerprint density at radius 1 is 1.47 bits per heavy atom. The van der Waals surface area contributed by atoms with E-state index in [1.54, 1.807) is 0 Å². The van der Waals surface area contributed by atoms with Crippen molar-refractivity contribution in [1.82, 2.24) is 5.32 Å². The predicted molar refractivity (Wildman–Crippen MR) is 58.1 cm³/mol. The average molecular weight is 231 g/mol. The Balaban J connectivity index is 4.25. The summed E-state index contributed by atoms with van der Waals surface area (Å²) in [5.74, 6) is -0.475. The molecule has 1 amide bonds. The van der Waals surface area contributed by atoms with E-state index in [1.807, 2.05) is 0 Å². The summed E-state index contributed by atoms with van der Waals surface area (Å²) < 4.78 is 15.7. The van der Waals surface area contributed by atoms with Crippen LogP contribution in [0.4, 0.5) is 0 Å². The van der Waals surface area contributed by atoms with Crippen molar-refractivity contribution >= 4 is 27.1 Å². The third-order valence-corrected chi connectivity index (χ3v) is 3.43. The molecule has 0 fully saturated rings. The molecule has 0 aliphatic rings. The van der Waals surface area contributed by atoms with Crippen molar-refractivity contribution in [3.8, 4) is 0 Å². The second-order valence-electron chi connectivity index (χ2n) is 3.50. The number of nitrogens with one attached hydrogen (secondary N) is 1. The lowest BCUT2D eigenvalue weighted by atomic mass is 10.1. The van der Waals surface area contributed by atoms with Gasteiger partial charge in [-0.25, -0.2) is 0 Å². The Morgan fingerprint density at radius 2 is 2.00 bits per heavy atom. The van der Waals surface area contributed by atoms with Crippen LogP contribution in [-0.4, -0.2) is 38.6 Å². The molecule has 0 rings (SSSR count). The summed E-state index contributed by atoms with van der Waals surface area (Å²) >= 11 is 0. The monoisotopic (exact) mass is 231 g/mol. The lowest BCUT2D eigenvalue weighted by molar-refractivity contribution is -0.125. The van der Waals surface area contributed by atoms with Gasteiger partial charge in [0.05, 0.1) is 6.04 Å². The van der Waals surface area contributed by atoms with Crippen LogP contribution in [0.1, 0.15) is 20.3 Å². The Hall–Kier alpha value is -0.605. The van der Waals surface area contributed by atoms with Gasteiger partial charge in [-0.05, 0) is 13.3 Å². The average Bonchev–Trinajstić information content (AvgIpc) is 2.11. The van der Waals surface area contributed by atoms with Crippen LogP contribution in [0.15, 0.2) is 0 Å². The number of hydrogen-bond acceptors (Lipinski definition) is 4. The number of hydrogen-bond donors (Lipinski definition) is 1. The van der Waals surface area contributed by atoms with Gasteiger partial charge in [-0.1, -0.05) is 0 Å². The molecular weight excluding hydrogens is 216 g/mol. The van der Waals surface area contributed by atoms with Gasteiger partial charge >= 0.3 is 0 Å². The molecule has 0 aromatic rings. The number of Topliss-reactive ketones (excluding diaryl/α,β-unsaturated/α-hetero) is 1. The minimum atomic E-state index is -2.84. The van der Waals surface area contributed by atoms with Crippen molar-refractivity contribution in [3.05, 3.63) is 0 Å². The van der Waals surface area contributed by atoms with Crippen LogP contribution in [-0.2, 0) is 18.6 Å². The summed E-state index contributed by atoms with van der Waals surface area (Å²) in [6.07, 6.45) is 0.425. The fourth-order valence-electron chi connectivity index (χ4n) is 1.04. The second kappa shape index (κ2) is 6.08. The van der Waals surface area contributed by atoms with Gasteiger partial charge in [0.15, 0.2) is 13.2 Å². The molecule has 84 valence electrons. The molecule has 2 unspecified atom stereocenters. The molecule has 1 N–H and O–H groups in total. The van der Waals surface area contributed by atoms with E-state index < -0.39 is 13.4 Å². The fourth-order valence-corrected chi connectivity index (χ4v) is 1.87. The predicted octanol–water partition coefficient (Wildman–Crippen LogP) is 0.478. The van der Waals surface area contributed by atoms with Crippen molar-refractivity contribution in [3.63, 3.8) is 0 Å². The molecule has 0 saturated heterocycles. The molecule has 5 nitrogen and oxygen atoms in total. The van der Waals surface area contributed by atoms with E-state index in [4.69, 9.17) is 8.05 Å². The SMILES string of the molecule is [B]OP(C)(=O)CCC(NC(C)=O)C(C)=O. The standard InChI is InChI=1S/C8H15BNO4P/c1-6(11)8(10-7(2)12)4-5-15(3,13)14-9/h8H,4-5H2,1-3H3,(H,10,12). The van der Waals surface area contributed by atoms with Crippen molar-refractivity contribution < 1.29 is 18.6 Å². The highest BCUT2D eigenvalue weighted by Gasteiger charge is 2.20. The highest BCUT2D eigenvalue weighted by atomic mass is 31.2. The summed E-state index contributed by atoms with van der Waals surface area (Å²) in [7, 11) is 2.00. The zero-order chi connectivity index (χ0) is 12.1. The summed E-state index contributed by atoms with van der Waals surface area (Å²) in [5.41, 5.74) is 0. The minimum Gasteiger partial charge on any atom is -0.403 e. The van der Waals surface area contributed by atoms with E-state index in [-0.39, 0.29) is 24.3 Å². The zero-order valence-electron chi connectivity index (χ0n) is 9.15. The van der Waals surface area contributed by atoms with E-state index in [2.05, 4.69) is 9.76 Å². The molecule has 0 aromatic heterocycles. The second-order valence-corrected chi connectivity index (χ2v) is 6.18. The number of carbonyl (C=O) groups excluding carboxylic acids is 2. The summed E-state index contributed by atoms with van der Waals surface area (Å²) in [5, 5.41) is 2.47. The molecule has 0 spiro atoms. The first-order valence-corrected chi connectivity index (χ1v) is 6.77. The van der Waals surface area contributed by atoms with Gasteiger partial charge in [0, 0.05) is 19.8 Å². The first kappa shape index (κ1) is 14.4. The Bertz CT molecular complexity index is 294. The molecule has 2 radical (unpaired) electrons. The maximum Gasteiger partial charge on any atom is 0.292 e. The van der Waals surface area contributed by atoms with Gasteiger partial charge in [0.1, 0.15) is 0 Å². The van der Waals surface area contributed by atoms with E-state index >= 15 is 0 Å². The van der Waals surface area contributed by atoms with Gasteiger partial charge in [0.25, 0.3) is 8.05 Å². The van der Waals surface area contributed by atoms with Crippen LogP contribution in [0.2, 0.25) is 0 Å². The van der Waals surface area contributed by atoms with Crippen LogP contribution in [0.3, 0.4) is 0 Å². The maximum absolute atomic E-state index is 11.4. The van der Waals surface area contributed by atoms with Crippen LogP contribution in [0, 0.1) is 0 Å². The first-order chi connectivity index (χ1) is 6.78. The summed E-state index contributed by atoms with van der Waals surface area (Å²) in [6, 6.07) is -0.620. The zero-order valence-corrected chi connectivity index (χ0v) is 10.0. The molecule has 15 heavy (non-hydrogen) atoms. The number of rotatable bonds is 6. The molecule has 0 saturated carbocycles. The van der Waals surface area contributed by atoms with Gasteiger partial charge in [-0.3, -0.25) is 14.2 Å². The number of carbonyl (C=O) groups is 2. The molecule has 0 bridgehead atoms. The van der Waals surface area contributed by atoms with Crippen molar-refractivity contribution in [2.75, 3.05) is 12.8 Å². The lowest BCUT2D eigenvalue weighted by Crippen LogP contribution is -2.39. The number of amides is 1. The maximum atomic E-state index is 11.4. The van der Waals surface area contributed by atoms with E-state index in [1.165, 1.54) is 20.5 Å². The molecule has 2 atom stereocenters. The Kier molecular flexibility index (Phi) is 5.84. The molecule has 0 aliphatic heterocycles. The van der Waals surface area contributed by atoms with Crippen LogP contribution >= 0.6 is 7.37 Å². The largest absolute Gasteiger partial charge is 0.403 e. The molecular formula is C8H15BNO4P.